The van der Waals surface area contributed by atoms with Crippen molar-refractivity contribution in [2.75, 3.05) is 13.6 Å². The van der Waals surface area contributed by atoms with Gasteiger partial charge in [-0.15, -0.1) is 23.7 Å². The molecule has 19 heavy (non-hydrogen) atoms. The fourth-order valence-corrected chi connectivity index (χ4v) is 3.27. The molecular weight excluding hydrogens is 285 g/mol. The van der Waals surface area contributed by atoms with Crippen LogP contribution in [0, 0.1) is 5.82 Å². The van der Waals surface area contributed by atoms with Crippen LogP contribution in [0.25, 0.3) is 0 Å². The largest absolute Gasteiger partial charge is 0.484 e. The van der Waals surface area contributed by atoms with E-state index in [1.54, 1.807) is 23.5 Å². The Kier molecular flexibility index (Phi) is 4.45. The Hall–Kier alpha value is -1.10. The number of fused-ring (bicyclic) bond motifs is 1. The summed E-state index contributed by atoms with van der Waals surface area (Å²) in [5.41, 5.74) is 1.24. The van der Waals surface area contributed by atoms with E-state index in [-0.39, 0.29) is 24.3 Å². The van der Waals surface area contributed by atoms with Gasteiger partial charge < -0.3 is 4.74 Å². The van der Waals surface area contributed by atoms with Crippen molar-refractivity contribution in [2.24, 2.45) is 0 Å². The van der Waals surface area contributed by atoms with E-state index < -0.39 is 0 Å². The van der Waals surface area contributed by atoms with E-state index in [9.17, 15) is 4.39 Å². The van der Waals surface area contributed by atoms with Gasteiger partial charge in [0.05, 0.1) is 0 Å². The number of likely N-dealkylation sites (N-methyl/N-ethyl adjacent to an activating group) is 1. The minimum absolute atomic E-state index is 0. The number of hydrogen-bond donors (Lipinski definition) is 0. The average molecular weight is 300 g/mol. The highest BCUT2D eigenvalue weighted by molar-refractivity contribution is 7.10. The number of nitrogens with zero attached hydrogens (tertiary/aromatic N) is 1. The quantitative estimate of drug-likeness (QED) is 0.834. The summed E-state index contributed by atoms with van der Waals surface area (Å²) in [7, 11) is 2.07. The van der Waals surface area contributed by atoms with E-state index >= 15 is 0 Å². The Morgan fingerprint density at radius 3 is 3.00 bits per heavy atom. The zero-order chi connectivity index (χ0) is 12.5. The summed E-state index contributed by atoms with van der Waals surface area (Å²) in [5, 5.41) is 2.09. The Balaban J connectivity index is 0.00000133. The zero-order valence-corrected chi connectivity index (χ0v) is 12.1. The van der Waals surface area contributed by atoms with Crippen molar-refractivity contribution in [3.05, 3.63) is 52.0 Å². The molecule has 0 saturated heterocycles. The van der Waals surface area contributed by atoms with Crippen LogP contribution in [-0.4, -0.2) is 18.5 Å². The van der Waals surface area contributed by atoms with Crippen LogP contribution in [0.1, 0.15) is 16.5 Å². The third-order valence-corrected chi connectivity index (χ3v) is 4.01. The topological polar surface area (TPSA) is 12.5 Å². The maximum absolute atomic E-state index is 13.1. The first-order valence-corrected chi connectivity index (χ1v) is 6.77. The average Bonchev–Trinajstić information content (AvgIpc) is 2.77. The number of rotatable bonds is 2. The van der Waals surface area contributed by atoms with Crippen LogP contribution >= 0.6 is 23.7 Å². The summed E-state index contributed by atoms with van der Waals surface area (Å²) in [6.45, 7) is 1.80. The van der Waals surface area contributed by atoms with Crippen molar-refractivity contribution < 1.29 is 9.13 Å². The standard InChI is InChI=1S/C14H14FNOS.ClH/c1-16-8-13(12-5-6-18-14(12)9-16)17-11-4-2-3-10(15)7-11;/h2-7,13H,8-9H2,1H3;1H. The second-order valence-electron chi connectivity index (χ2n) is 4.56. The Bertz CT molecular complexity index is 560. The van der Waals surface area contributed by atoms with E-state index in [1.807, 2.05) is 0 Å². The molecule has 1 aliphatic rings. The first-order valence-electron chi connectivity index (χ1n) is 5.89. The molecule has 0 bridgehead atoms. The fourth-order valence-electron chi connectivity index (χ4n) is 2.26. The van der Waals surface area contributed by atoms with E-state index in [1.165, 1.54) is 22.6 Å². The Morgan fingerprint density at radius 1 is 1.37 bits per heavy atom. The molecule has 0 fully saturated rings. The lowest BCUT2D eigenvalue weighted by molar-refractivity contribution is 0.130. The molecule has 0 aliphatic carbocycles. The van der Waals surface area contributed by atoms with E-state index in [2.05, 4.69) is 23.4 Å². The molecule has 1 unspecified atom stereocenters. The minimum atomic E-state index is -0.262. The van der Waals surface area contributed by atoms with Crippen molar-refractivity contribution in [3.63, 3.8) is 0 Å². The second-order valence-corrected chi connectivity index (χ2v) is 5.56. The number of ether oxygens (including phenoxy) is 1. The monoisotopic (exact) mass is 299 g/mol. The van der Waals surface area contributed by atoms with Gasteiger partial charge >= 0.3 is 0 Å². The summed E-state index contributed by atoms with van der Waals surface area (Å²) in [6.07, 6.45) is -0.00759. The lowest BCUT2D eigenvalue weighted by atomic mass is 10.1. The smallest absolute Gasteiger partial charge is 0.137 e. The minimum Gasteiger partial charge on any atom is -0.484 e. The summed E-state index contributed by atoms with van der Waals surface area (Å²) in [4.78, 5) is 3.56. The van der Waals surface area contributed by atoms with Crippen LogP contribution in [0.3, 0.4) is 0 Å². The number of benzene rings is 1. The first-order chi connectivity index (χ1) is 8.72. The fraction of sp³-hybridized carbons (Fsp3) is 0.286. The van der Waals surface area contributed by atoms with Gasteiger partial charge in [-0.2, -0.15) is 0 Å². The highest BCUT2D eigenvalue weighted by atomic mass is 35.5. The van der Waals surface area contributed by atoms with Gasteiger partial charge in [0.1, 0.15) is 17.7 Å². The van der Waals surface area contributed by atoms with Gasteiger partial charge in [-0.3, -0.25) is 4.90 Å². The number of hydrogen-bond acceptors (Lipinski definition) is 3. The Morgan fingerprint density at radius 2 is 2.21 bits per heavy atom. The number of thiophene rings is 1. The molecule has 2 nitrogen and oxygen atoms in total. The lowest BCUT2D eigenvalue weighted by Gasteiger charge is -2.30. The van der Waals surface area contributed by atoms with Crippen molar-refractivity contribution in [3.8, 4) is 5.75 Å². The van der Waals surface area contributed by atoms with Gasteiger partial charge in [-0.1, -0.05) is 6.07 Å². The normalized spacial score (nSPS) is 18.5. The highest BCUT2D eigenvalue weighted by Crippen LogP contribution is 2.33. The third-order valence-electron chi connectivity index (χ3n) is 3.09. The van der Waals surface area contributed by atoms with E-state index in [4.69, 9.17) is 4.74 Å². The van der Waals surface area contributed by atoms with Gasteiger partial charge in [0.15, 0.2) is 0 Å². The molecular formula is C14H15ClFNOS. The van der Waals surface area contributed by atoms with Gasteiger partial charge in [-0.25, -0.2) is 4.39 Å². The lowest BCUT2D eigenvalue weighted by Crippen LogP contribution is -2.31. The predicted molar refractivity (Wildman–Crippen MR) is 77.7 cm³/mol. The summed E-state index contributed by atoms with van der Waals surface area (Å²) in [6, 6.07) is 8.43. The van der Waals surface area contributed by atoms with Crippen LogP contribution in [0.2, 0.25) is 0 Å². The van der Waals surface area contributed by atoms with Crippen molar-refractivity contribution in [2.45, 2.75) is 12.6 Å². The predicted octanol–water partition coefficient (Wildman–Crippen LogP) is 3.87. The molecule has 0 amide bonds. The van der Waals surface area contributed by atoms with Gasteiger partial charge in [0.25, 0.3) is 0 Å². The molecule has 0 radical (unpaired) electrons. The molecule has 0 N–H and O–H groups in total. The van der Waals surface area contributed by atoms with Crippen molar-refractivity contribution in [1.29, 1.82) is 0 Å². The molecule has 2 heterocycles. The summed E-state index contributed by atoms with van der Waals surface area (Å²) in [5.74, 6) is 0.328. The van der Waals surface area contributed by atoms with Crippen molar-refractivity contribution >= 4 is 23.7 Å². The van der Waals surface area contributed by atoms with Gasteiger partial charge in [-0.05, 0) is 30.6 Å². The third kappa shape index (κ3) is 3.08. The molecule has 102 valence electrons. The van der Waals surface area contributed by atoms with E-state index in [0.29, 0.717) is 5.75 Å². The SMILES string of the molecule is CN1Cc2sccc2C(Oc2cccc(F)c2)C1.Cl. The van der Waals surface area contributed by atoms with Crippen LogP contribution in [0.5, 0.6) is 5.75 Å². The summed E-state index contributed by atoms with van der Waals surface area (Å²) < 4.78 is 19.1. The molecule has 3 rings (SSSR count). The van der Waals surface area contributed by atoms with Crippen molar-refractivity contribution in [1.82, 2.24) is 4.90 Å². The zero-order valence-electron chi connectivity index (χ0n) is 10.5. The first kappa shape index (κ1) is 14.3. The Labute approximate surface area is 122 Å². The molecule has 1 atom stereocenters. The van der Waals surface area contributed by atoms with Crippen LogP contribution in [0.4, 0.5) is 4.39 Å². The maximum Gasteiger partial charge on any atom is 0.137 e. The van der Waals surface area contributed by atoms with Gasteiger partial charge in [0, 0.05) is 29.6 Å². The molecule has 1 aromatic carbocycles. The van der Waals surface area contributed by atoms with E-state index in [0.717, 1.165) is 13.1 Å². The molecule has 5 heteroatoms. The van der Waals surface area contributed by atoms with Gasteiger partial charge in [0.2, 0.25) is 0 Å². The molecule has 2 aromatic rings. The summed E-state index contributed by atoms with van der Waals surface area (Å²) >= 11 is 1.75. The van der Waals surface area contributed by atoms with Crippen LogP contribution < -0.4 is 4.74 Å². The molecule has 0 saturated carbocycles. The molecule has 1 aromatic heterocycles. The maximum atomic E-state index is 13.1. The number of halogens is 2. The van der Waals surface area contributed by atoms with Crippen LogP contribution in [0.15, 0.2) is 35.7 Å². The highest BCUT2D eigenvalue weighted by Gasteiger charge is 2.25. The molecule has 1 aliphatic heterocycles. The second kappa shape index (κ2) is 5.90. The molecule has 0 spiro atoms. The van der Waals surface area contributed by atoms with Crippen LogP contribution in [-0.2, 0) is 6.54 Å².